The molecule has 0 atom stereocenters. The van der Waals surface area contributed by atoms with E-state index in [-0.39, 0.29) is 45.9 Å². The predicted molar refractivity (Wildman–Crippen MR) is 117 cm³/mol. The van der Waals surface area contributed by atoms with Gasteiger partial charge in [0.1, 0.15) is 0 Å². The molecule has 0 spiro atoms. The molecule has 1 saturated heterocycles. The summed E-state index contributed by atoms with van der Waals surface area (Å²) in [5, 5.41) is 9.98. The van der Waals surface area contributed by atoms with Gasteiger partial charge in [0, 0.05) is 24.9 Å². The number of hydrogen-bond donors (Lipinski definition) is 1. The molecule has 13 heteroatoms. The molecule has 1 aliphatic heterocycles. The van der Waals surface area contributed by atoms with Crippen LogP contribution in [0.5, 0.6) is 0 Å². The molecule has 0 unspecified atom stereocenters. The number of benzene rings is 2. The summed E-state index contributed by atoms with van der Waals surface area (Å²) in [6.45, 7) is 1.21. The summed E-state index contributed by atoms with van der Waals surface area (Å²) < 4.78 is 61.3. The molecule has 4 rings (SSSR count). The number of rotatable bonds is 6. The summed E-state index contributed by atoms with van der Waals surface area (Å²) in [5.41, 5.74) is 0.387. The van der Waals surface area contributed by atoms with E-state index in [4.69, 9.17) is 9.15 Å². The minimum atomic E-state index is -3.68. The number of nitrogens with one attached hydrogen (secondary N) is 1. The number of nitrogens with zero attached hydrogens (tertiary/aromatic N) is 3. The molecule has 1 fully saturated rings. The maximum atomic E-state index is 12.7. The Balaban J connectivity index is 1.50. The molecule has 1 N–H and O–H groups in total. The van der Waals surface area contributed by atoms with E-state index in [1.807, 2.05) is 0 Å². The van der Waals surface area contributed by atoms with E-state index in [0.29, 0.717) is 13.2 Å². The Morgan fingerprint density at radius 3 is 2.30 bits per heavy atom. The van der Waals surface area contributed by atoms with Crippen molar-refractivity contribution >= 4 is 31.8 Å². The van der Waals surface area contributed by atoms with Crippen molar-refractivity contribution in [1.29, 1.82) is 0 Å². The number of carbonyl (C=O) groups is 1. The van der Waals surface area contributed by atoms with Gasteiger partial charge in [-0.1, -0.05) is 17.2 Å². The van der Waals surface area contributed by atoms with Crippen LogP contribution in [0.1, 0.15) is 10.4 Å². The fourth-order valence-corrected chi connectivity index (χ4v) is 5.52. The molecule has 0 bridgehead atoms. The highest BCUT2D eigenvalue weighted by Gasteiger charge is 2.26. The first-order valence-corrected chi connectivity index (χ1v) is 13.1. The van der Waals surface area contributed by atoms with Gasteiger partial charge >= 0.3 is 6.01 Å². The van der Waals surface area contributed by atoms with E-state index in [1.165, 1.54) is 40.7 Å². The fraction of sp³-hybridized carbons (Fsp3) is 0.250. The van der Waals surface area contributed by atoms with Crippen LogP contribution in [0.25, 0.3) is 11.5 Å². The van der Waals surface area contributed by atoms with Crippen molar-refractivity contribution in [1.82, 2.24) is 14.5 Å². The molecule has 1 aliphatic rings. The van der Waals surface area contributed by atoms with Gasteiger partial charge in [0.05, 0.1) is 28.6 Å². The Labute approximate surface area is 190 Å². The first-order valence-electron chi connectivity index (χ1n) is 9.78. The first-order chi connectivity index (χ1) is 15.7. The van der Waals surface area contributed by atoms with Crippen LogP contribution in [0.4, 0.5) is 6.01 Å². The lowest BCUT2D eigenvalue weighted by Gasteiger charge is -2.26. The van der Waals surface area contributed by atoms with Crippen LogP contribution in [0.15, 0.2) is 62.7 Å². The van der Waals surface area contributed by atoms with Gasteiger partial charge in [0.15, 0.2) is 9.84 Å². The number of carbonyl (C=O) groups excluding carboxylic acids is 1. The summed E-state index contributed by atoms with van der Waals surface area (Å²) in [7, 11) is -7.21. The summed E-state index contributed by atoms with van der Waals surface area (Å²) in [5.74, 6) is -0.671. The van der Waals surface area contributed by atoms with Gasteiger partial charge in [-0.25, -0.2) is 16.8 Å². The van der Waals surface area contributed by atoms with Crippen LogP contribution in [0, 0.1) is 0 Å². The molecular formula is C20H20N4O7S2. The lowest BCUT2D eigenvalue weighted by atomic mass is 10.2. The molecule has 0 saturated carbocycles. The minimum absolute atomic E-state index is 0.0172. The first kappa shape index (κ1) is 23.0. The van der Waals surface area contributed by atoms with Gasteiger partial charge in [0.25, 0.3) is 11.8 Å². The van der Waals surface area contributed by atoms with E-state index < -0.39 is 25.8 Å². The van der Waals surface area contributed by atoms with Crippen molar-refractivity contribution in [3.63, 3.8) is 0 Å². The molecule has 1 aromatic heterocycles. The van der Waals surface area contributed by atoms with Crippen molar-refractivity contribution < 1.29 is 30.8 Å². The second-order valence-electron chi connectivity index (χ2n) is 7.18. The Morgan fingerprint density at radius 1 is 0.970 bits per heavy atom. The van der Waals surface area contributed by atoms with Crippen molar-refractivity contribution in [2.45, 2.75) is 9.79 Å². The summed E-state index contributed by atoms with van der Waals surface area (Å²) in [6.07, 6.45) is 1.06. The third kappa shape index (κ3) is 4.95. The Morgan fingerprint density at radius 2 is 1.64 bits per heavy atom. The van der Waals surface area contributed by atoms with Crippen molar-refractivity contribution in [3.05, 3.63) is 54.1 Å². The average Bonchev–Trinajstić information content (AvgIpc) is 3.27. The lowest BCUT2D eigenvalue weighted by molar-refractivity contribution is 0.0730. The molecule has 174 valence electrons. The second-order valence-corrected chi connectivity index (χ2v) is 11.1. The quantitative estimate of drug-likeness (QED) is 0.539. The number of sulfone groups is 1. The monoisotopic (exact) mass is 492 g/mol. The maximum absolute atomic E-state index is 12.7. The molecule has 0 radical (unpaired) electrons. The number of morpholine rings is 1. The van der Waals surface area contributed by atoms with Crippen LogP contribution >= 0.6 is 0 Å². The lowest BCUT2D eigenvalue weighted by Crippen LogP contribution is -2.40. The Kier molecular flexibility index (Phi) is 6.30. The van der Waals surface area contributed by atoms with Crippen LogP contribution < -0.4 is 5.32 Å². The Hall–Kier alpha value is -3.13. The predicted octanol–water partition coefficient (Wildman–Crippen LogP) is 1.41. The van der Waals surface area contributed by atoms with Crippen molar-refractivity contribution in [3.8, 4) is 11.5 Å². The standard InChI is InChI=1S/C20H20N4O7S2/c1-32(26,27)17-5-3-2-4-16(17)19-22-23-20(31-19)21-18(25)14-6-8-15(9-7-14)33(28,29)24-10-12-30-13-11-24/h2-9H,10-13H2,1H3,(H,21,23,25). The smallest absolute Gasteiger partial charge is 0.322 e. The third-order valence-electron chi connectivity index (χ3n) is 4.89. The zero-order chi connectivity index (χ0) is 23.6. The second kappa shape index (κ2) is 9.02. The van der Waals surface area contributed by atoms with Gasteiger partial charge in [-0.05, 0) is 36.4 Å². The molecule has 0 aliphatic carbocycles. The van der Waals surface area contributed by atoms with Gasteiger partial charge in [0.2, 0.25) is 10.0 Å². The zero-order valence-electron chi connectivity index (χ0n) is 17.5. The van der Waals surface area contributed by atoms with Crippen molar-refractivity contribution in [2.24, 2.45) is 0 Å². The molecule has 11 nitrogen and oxygen atoms in total. The zero-order valence-corrected chi connectivity index (χ0v) is 19.1. The van der Waals surface area contributed by atoms with E-state index in [2.05, 4.69) is 15.5 Å². The van der Waals surface area contributed by atoms with E-state index in [0.717, 1.165) is 6.26 Å². The van der Waals surface area contributed by atoms with Crippen LogP contribution in [0.3, 0.4) is 0 Å². The average molecular weight is 493 g/mol. The maximum Gasteiger partial charge on any atom is 0.322 e. The number of ether oxygens (including phenoxy) is 1. The highest BCUT2D eigenvalue weighted by atomic mass is 32.2. The van der Waals surface area contributed by atoms with Gasteiger partial charge < -0.3 is 9.15 Å². The SMILES string of the molecule is CS(=O)(=O)c1ccccc1-c1nnc(NC(=O)c2ccc(S(=O)(=O)N3CCOCC3)cc2)o1. The van der Waals surface area contributed by atoms with E-state index in [9.17, 15) is 21.6 Å². The van der Waals surface area contributed by atoms with Crippen molar-refractivity contribution in [2.75, 3.05) is 37.9 Å². The topological polar surface area (TPSA) is 149 Å². The van der Waals surface area contributed by atoms with Crippen LogP contribution in [-0.4, -0.2) is 69.8 Å². The van der Waals surface area contributed by atoms with E-state index in [1.54, 1.807) is 12.1 Å². The fourth-order valence-electron chi connectivity index (χ4n) is 3.23. The molecule has 2 aromatic carbocycles. The number of sulfonamides is 1. The number of amides is 1. The minimum Gasteiger partial charge on any atom is -0.403 e. The summed E-state index contributed by atoms with van der Waals surface area (Å²) >= 11 is 0. The summed E-state index contributed by atoms with van der Waals surface area (Å²) in [4.78, 5) is 12.6. The number of hydrogen-bond acceptors (Lipinski definition) is 9. The highest BCUT2D eigenvalue weighted by molar-refractivity contribution is 7.90. The van der Waals surface area contributed by atoms with Crippen LogP contribution in [-0.2, 0) is 24.6 Å². The van der Waals surface area contributed by atoms with Gasteiger partial charge in [-0.2, -0.15) is 4.31 Å². The van der Waals surface area contributed by atoms with Gasteiger partial charge in [-0.3, -0.25) is 10.1 Å². The normalized spacial score (nSPS) is 15.3. The largest absolute Gasteiger partial charge is 0.403 e. The van der Waals surface area contributed by atoms with E-state index >= 15 is 0 Å². The third-order valence-corrected chi connectivity index (χ3v) is 7.95. The van der Waals surface area contributed by atoms with Gasteiger partial charge in [-0.15, -0.1) is 5.10 Å². The highest BCUT2D eigenvalue weighted by Crippen LogP contribution is 2.27. The molecular weight excluding hydrogens is 472 g/mol. The summed E-state index contributed by atoms with van der Waals surface area (Å²) in [6, 6.07) is 11.3. The number of aromatic nitrogens is 2. The molecule has 33 heavy (non-hydrogen) atoms. The molecule has 2 heterocycles. The Bertz CT molecular complexity index is 1380. The molecule has 1 amide bonds. The molecule has 3 aromatic rings. The number of anilines is 1. The van der Waals surface area contributed by atoms with Crippen LogP contribution in [0.2, 0.25) is 0 Å².